The molecule has 0 aliphatic carbocycles. The second kappa shape index (κ2) is 4.92. The topological polar surface area (TPSA) is 68.0 Å². The summed E-state index contributed by atoms with van der Waals surface area (Å²) in [6, 6.07) is 13.7. The molecular formula is C16H11N3O2S. The number of carbonyl (C=O) groups is 1. The van der Waals surface area contributed by atoms with Crippen molar-refractivity contribution in [3.05, 3.63) is 53.9 Å². The number of nitrogens with zero attached hydrogens (tertiary/aromatic N) is 2. The third-order valence-electron chi connectivity index (χ3n) is 3.36. The maximum atomic E-state index is 12.1. The fourth-order valence-electron chi connectivity index (χ4n) is 2.34. The number of fused-ring (bicyclic) bond motifs is 3. The van der Waals surface area contributed by atoms with E-state index in [-0.39, 0.29) is 11.7 Å². The molecule has 2 heterocycles. The normalized spacial score (nSPS) is 11.1. The Balaban J connectivity index is 1.73. The largest absolute Gasteiger partial charge is 0.351 e. The highest BCUT2D eigenvalue weighted by molar-refractivity contribution is 7.22. The number of rotatable bonds is 2. The van der Waals surface area contributed by atoms with Crippen LogP contribution in [0.2, 0.25) is 0 Å². The molecule has 0 aliphatic rings. The molecule has 2 aromatic heterocycles. The summed E-state index contributed by atoms with van der Waals surface area (Å²) in [4.78, 5) is 16.6. The van der Waals surface area contributed by atoms with Crippen molar-refractivity contribution in [1.82, 2.24) is 10.1 Å². The Hall–Kier alpha value is -2.73. The molecule has 1 N–H and O–H groups in total. The maximum absolute atomic E-state index is 12.1. The number of thiazole rings is 1. The minimum absolute atomic E-state index is 0.182. The fourth-order valence-corrected chi connectivity index (χ4v) is 3.22. The van der Waals surface area contributed by atoms with Gasteiger partial charge in [-0.25, -0.2) is 4.98 Å². The smallest absolute Gasteiger partial charge is 0.296 e. The summed E-state index contributed by atoms with van der Waals surface area (Å²) in [5.41, 5.74) is 1.56. The van der Waals surface area contributed by atoms with Crippen LogP contribution in [0.3, 0.4) is 0 Å². The van der Waals surface area contributed by atoms with Gasteiger partial charge < -0.3 is 4.52 Å². The molecular weight excluding hydrogens is 298 g/mol. The molecule has 0 bridgehead atoms. The molecule has 2 aromatic carbocycles. The van der Waals surface area contributed by atoms with Gasteiger partial charge in [-0.2, -0.15) is 0 Å². The van der Waals surface area contributed by atoms with E-state index in [2.05, 4.69) is 21.5 Å². The summed E-state index contributed by atoms with van der Waals surface area (Å²) >= 11 is 1.44. The van der Waals surface area contributed by atoms with Crippen LogP contribution in [-0.4, -0.2) is 16.0 Å². The lowest BCUT2D eigenvalue weighted by molar-refractivity contribution is 0.0988. The molecule has 5 nitrogen and oxygen atoms in total. The summed E-state index contributed by atoms with van der Waals surface area (Å²) in [5, 5.41) is 9.22. The Kier molecular flexibility index (Phi) is 2.90. The number of hydrogen-bond donors (Lipinski definition) is 1. The summed E-state index contributed by atoms with van der Waals surface area (Å²) in [6.07, 6.45) is 0. The third kappa shape index (κ3) is 2.14. The van der Waals surface area contributed by atoms with Crippen LogP contribution in [0.25, 0.3) is 21.0 Å². The van der Waals surface area contributed by atoms with Crippen LogP contribution in [-0.2, 0) is 0 Å². The van der Waals surface area contributed by atoms with Gasteiger partial charge in [0, 0.05) is 11.5 Å². The van der Waals surface area contributed by atoms with E-state index in [4.69, 9.17) is 4.52 Å². The van der Waals surface area contributed by atoms with Gasteiger partial charge in [-0.1, -0.05) is 46.8 Å². The van der Waals surface area contributed by atoms with Crippen LogP contribution in [0, 0.1) is 6.92 Å². The minimum atomic E-state index is -0.344. The second-order valence-corrected chi connectivity index (χ2v) is 5.97. The maximum Gasteiger partial charge on any atom is 0.296 e. The first kappa shape index (κ1) is 13.0. The number of benzene rings is 2. The van der Waals surface area contributed by atoms with Crippen molar-refractivity contribution in [1.29, 1.82) is 0 Å². The lowest BCUT2D eigenvalue weighted by Gasteiger charge is -1.97. The Labute approximate surface area is 129 Å². The van der Waals surface area contributed by atoms with E-state index >= 15 is 0 Å². The van der Waals surface area contributed by atoms with Gasteiger partial charge in [-0.15, -0.1) is 0 Å². The van der Waals surface area contributed by atoms with Gasteiger partial charge in [-0.3, -0.25) is 10.1 Å². The molecule has 6 heteroatoms. The molecule has 108 valence electrons. The van der Waals surface area contributed by atoms with Gasteiger partial charge in [0.15, 0.2) is 5.13 Å². The molecule has 0 saturated heterocycles. The standard InChI is InChI=1S/C16H11N3O2S/c1-9-8-12(21-19-9)15(20)18-16-17-14-11-5-3-2-4-10(11)6-7-13(14)22-16/h2-8H,1H3,(H,17,18,20). The van der Waals surface area contributed by atoms with E-state index in [9.17, 15) is 4.79 Å². The molecule has 22 heavy (non-hydrogen) atoms. The number of nitrogens with one attached hydrogen (secondary N) is 1. The fraction of sp³-hybridized carbons (Fsp3) is 0.0625. The zero-order valence-corrected chi connectivity index (χ0v) is 12.5. The van der Waals surface area contributed by atoms with E-state index in [0.717, 1.165) is 21.0 Å². The van der Waals surface area contributed by atoms with Gasteiger partial charge in [0.25, 0.3) is 5.91 Å². The van der Waals surface area contributed by atoms with Crippen molar-refractivity contribution in [2.45, 2.75) is 6.92 Å². The molecule has 0 saturated carbocycles. The SMILES string of the molecule is Cc1cc(C(=O)Nc2nc3c(ccc4ccccc43)s2)on1. The quantitative estimate of drug-likeness (QED) is 0.607. The van der Waals surface area contributed by atoms with Crippen molar-refractivity contribution in [2.24, 2.45) is 0 Å². The average Bonchev–Trinajstić information content (AvgIpc) is 3.13. The average molecular weight is 309 g/mol. The van der Waals surface area contributed by atoms with Gasteiger partial charge in [0.1, 0.15) is 0 Å². The lowest BCUT2D eigenvalue weighted by atomic mass is 10.1. The first-order valence-electron chi connectivity index (χ1n) is 6.74. The molecule has 0 fully saturated rings. The molecule has 4 rings (SSSR count). The highest BCUT2D eigenvalue weighted by Gasteiger charge is 2.15. The van der Waals surface area contributed by atoms with Crippen molar-refractivity contribution in [2.75, 3.05) is 5.32 Å². The van der Waals surface area contributed by atoms with Crippen LogP contribution in [0.1, 0.15) is 16.2 Å². The van der Waals surface area contributed by atoms with Gasteiger partial charge in [0.05, 0.1) is 15.9 Å². The van der Waals surface area contributed by atoms with Crippen molar-refractivity contribution < 1.29 is 9.32 Å². The highest BCUT2D eigenvalue weighted by atomic mass is 32.1. The molecule has 0 atom stereocenters. The first-order valence-corrected chi connectivity index (χ1v) is 7.55. The Bertz CT molecular complexity index is 1000. The first-order chi connectivity index (χ1) is 10.7. The summed E-state index contributed by atoms with van der Waals surface area (Å²) in [6.45, 7) is 1.77. The van der Waals surface area contributed by atoms with E-state index in [0.29, 0.717) is 10.8 Å². The Morgan fingerprint density at radius 2 is 2.09 bits per heavy atom. The summed E-state index contributed by atoms with van der Waals surface area (Å²) in [7, 11) is 0. The van der Waals surface area contributed by atoms with Crippen LogP contribution >= 0.6 is 11.3 Å². The van der Waals surface area contributed by atoms with Crippen LogP contribution in [0.15, 0.2) is 47.0 Å². The zero-order chi connectivity index (χ0) is 15.1. The molecule has 4 aromatic rings. The second-order valence-electron chi connectivity index (χ2n) is 4.94. The van der Waals surface area contributed by atoms with Crippen molar-refractivity contribution >= 4 is 43.4 Å². The number of aromatic nitrogens is 2. The number of amides is 1. The number of aryl methyl sites for hydroxylation is 1. The summed E-state index contributed by atoms with van der Waals surface area (Å²) < 4.78 is 5.99. The van der Waals surface area contributed by atoms with E-state index in [1.807, 2.05) is 30.3 Å². The minimum Gasteiger partial charge on any atom is -0.351 e. The predicted octanol–water partition coefficient (Wildman–Crippen LogP) is 4.00. The van der Waals surface area contributed by atoms with Crippen LogP contribution in [0.4, 0.5) is 5.13 Å². The molecule has 0 unspecified atom stereocenters. The predicted molar refractivity (Wildman–Crippen MR) is 86.3 cm³/mol. The Morgan fingerprint density at radius 1 is 1.23 bits per heavy atom. The highest BCUT2D eigenvalue weighted by Crippen LogP contribution is 2.31. The van der Waals surface area contributed by atoms with Crippen molar-refractivity contribution in [3.8, 4) is 0 Å². The lowest BCUT2D eigenvalue weighted by Crippen LogP contribution is -2.10. The monoisotopic (exact) mass is 309 g/mol. The molecule has 0 spiro atoms. The number of anilines is 1. The van der Waals surface area contributed by atoms with Crippen molar-refractivity contribution in [3.63, 3.8) is 0 Å². The number of carbonyl (C=O) groups excluding carboxylic acids is 1. The van der Waals surface area contributed by atoms with Gasteiger partial charge >= 0.3 is 0 Å². The zero-order valence-electron chi connectivity index (χ0n) is 11.7. The third-order valence-corrected chi connectivity index (χ3v) is 4.29. The molecule has 1 amide bonds. The molecule has 0 radical (unpaired) electrons. The van der Waals surface area contributed by atoms with Gasteiger partial charge in [0.2, 0.25) is 5.76 Å². The van der Waals surface area contributed by atoms with E-state index < -0.39 is 0 Å². The van der Waals surface area contributed by atoms with Crippen LogP contribution in [0.5, 0.6) is 0 Å². The summed E-state index contributed by atoms with van der Waals surface area (Å²) in [5.74, 6) is -0.162. The van der Waals surface area contributed by atoms with Gasteiger partial charge in [-0.05, 0) is 18.4 Å². The van der Waals surface area contributed by atoms with E-state index in [1.54, 1.807) is 13.0 Å². The van der Waals surface area contributed by atoms with Crippen LogP contribution < -0.4 is 5.32 Å². The Morgan fingerprint density at radius 3 is 2.91 bits per heavy atom. The number of hydrogen-bond acceptors (Lipinski definition) is 5. The van der Waals surface area contributed by atoms with E-state index in [1.165, 1.54) is 11.3 Å². The molecule has 0 aliphatic heterocycles.